The van der Waals surface area contributed by atoms with Crippen LogP contribution in [0.3, 0.4) is 0 Å². The predicted octanol–water partition coefficient (Wildman–Crippen LogP) is 2.76. The average Bonchev–Trinajstić information content (AvgIpc) is 2.29. The molecule has 82 valence electrons. The number of anilines is 3. The summed E-state index contributed by atoms with van der Waals surface area (Å²) in [6.07, 6.45) is 0. The van der Waals surface area contributed by atoms with Gasteiger partial charge in [0, 0.05) is 10.7 Å². The maximum absolute atomic E-state index is 5.88. The van der Waals surface area contributed by atoms with Gasteiger partial charge in [0.1, 0.15) is 11.6 Å². The zero-order chi connectivity index (χ0) is 11.4. The summed E-state index contributed by atoms with van der Waals surface area (Å²) < 4.78 is 0. The highest BCUT2D eigenvalue weighted by atomic mass is 35.5. The molecule has 0 fully saturated rings. The van der Waals surface area contributed by atoms with E-state index in [2.05, 4.69) is 15.7 Å². The summed E-state index contributed by atoms with van der Waals surface area (Å²) in [6.45, 7) is 0. The summed E-state index contributed by atoms with van der Waals surface area (Å²) in [7, 11) is 0. The molecule has 4 N–H and O–H groups in total. The van der Waals surface area contributed by atoms with Crippen LogP contribution in [0.1, 0.15) is 0 Å². The minimum Gasteiger partial charge on any atom is -0.340 e. The molecule has 0 bridgehead atoms. The molecule has 0 saturated heterocycles. The van der Waals surface area contributed by atoms with Crippen LogP contribution in [0.5, 0.6) is 0 Å². The van der Waals surface area contributed by atoms with E-state index in [4.69, 9.17) is 17.4 Å². The molecular formula is C11H11ClN4. The van der Waals surface area contributed by atoms with E-state index in [1.54, 1.807) is 6.07 Å². The Bertz CT molecular complexity index is 487. The molecule has 4 nitrogen and oxygen atoms in total. The molecule has 0 aliphatic rings. The van der Waals surface area contributed by atoms with Crippen LogP contribution in [-0.4, -0.2) is 4.98 Å². The predicted molar refractivity (Wildman–Crippen MR) is 66.8 cm³/mol. The molecule has 0 spiro atoms. The third kappa shape index (κ3) is 2.62. The lowest BCUT2D eigenvalue weighted by atomic mass is 10.3. The number of nitrogens with zero attached hydrogens (tertiary/aromatic N) is 1. The van der Waals surface area contributed by atoms with Gasteiger partial charge in [0.25, 0.3) is 0 Å². The number of hydrogen-bond donors (Lipinski definition) is 3. The Morgan fingerprint density at radius 2 is 1.81 bits per heavy atom. The second-order valence-electron chi connectivity index (χ2n) is 3.19. The van der Waals surface area contributed by atoms with Crippen LogP contribution >= 0.6 is 11.6 Å². The van der Waals surface area contributed by atoms with E-state index in [-0.39, 0.29) is 0 Å². The number of nitrogen functional groups attached to an aromatic ring is 1. The molecule has 1 aromatic carbocycles. The van der Waals surface area contributed by atoms with Crippen molar-refractivity contribution >= 4 is 28.9 Å². The summed E-state index contributed by atoms with van der Waals surface area (Å²) >= 11 is 5.88. The zero-order valence-electron chi connectivity index (χ0n) is 8.44. The van der Waals surface area contributed by atoms with Gasteiger partial charge in [0.05, 0.1) is 0 Å². The van der Waals surface area contributed by atoms with Crippen LogP contribution in [0, 0.1) is 0 Å². The molecule has 1 heterocycles. The van der Waals surface area contributed by atoms with Crippen molar-refractivity contribution in [2.45, 2.75) is 0 Å². The van der Waals surface area contributed by atoms with E-state index in [1.807, 2.05) is 36.4 Å². The van der Waals surface area contributed by atoms with Crippen LogP contribution in [0.15, 0.2) is 42.5 Å². The fourth-order valence-electron chi connectivity index (χ4n) is 1.30. The molecule has 0 amide bonds. The first-order valence-electron chi connectivity index (χ1n) is 4.74. The van der Waals surface area contributed by atoms with Crippen molar-refractivity contribution < 1.29 is 0 Å². The summed E-state index contributed by atoms with van der Waals surface area (Å²) in [5.74, 6) is 6.58. The van der Waals surface area contributed by atoms with Gasteiger partial charge in [-0.25, -0.2) is 10.8 Å². The molecule has 0 aliphatic heterocycles. The van der Waals surface area contributed by atoms with Crippen LogP contribution < -0.4 is 16.6 Å². The van der Waals surface area contributed by atoms with Gasteiger partial charge in [0.2, 0.25) is 0 Å². The van der Waals surface area contributed by atoms with Crippen molar-refractivity contribution in [2.75, 3.05) is 10.7 Å². The lowest BCUT2D eigenvalue weighted by Crippen LogP contribution is -2.08. The van der Waals surface area contributed by atoms with E-state index >= 15 is 0 Å². The average molecular weight is 235 g/mol. The van der Waals surface area contributed by atoms with Gasteiger partial charge >= 0.3 is 0 Å². The van der Waals surface area contributed by atoms with Crippen LogP contribution in [0.2, 0.25) is 5.02 Å². The minimum atomic E-state index is 0.604. The summed E-state index contributed by atoms with van der Waals surface area (Å²) in [4.78, 5) is 4.23. The number of hydrogen-bond acceptors (Lipinski definition) is 4. The molecule has 0 aliphatic carbocycles. The molecule has 0 unspecified atom stereocenters. The van der Waals surface area contributed by atoms with Crippen molar-refractivity contribution in [1.29, 1.82) is 0 Å². The van der Waals surface area contributed by atoms with Crippen molar-refractivity contribution in [3.63, 3.8) is 0 Å². The lowest BCUT2D eigenvalue weighted by molar-refractivity contribution is 1.22. The number of nitrogens with two attached hydrogens (primary N) is 1. The molecule has 0 radical (unpaired) electrons. The highest BCUT2D eigenvalue weighted by molar-refractivity contribution is 6.30. The number of benzene rings is 1. The number of pyridine rings is 1. The minimum absolute atomic E-state index is 0.604. The molecule has 2 aromatic rings. The zero-order valence-corrected chi connectivity index (χ0v) is 9.20. The van der Waals surface area contributed by atoms with Gasteiger partial charge in [-0.05, 0) is 30.3 Å². The normalized spacial score (nSPS) is 9.88. The van der Waals surface area contributed by atoms with E-state index in [0.29, 0.717) is 16.7 Å². The Kier molecular flexibility index (Phi) is 3.24. The Balaban J connectivity index is 2.20. The van der Waals surface area contributed by atoms with Gasteiger partial charge in [0.15, 0.2) is 0 Å². The standard InChI is InChI=1S/C11H11ClN4/c12-8-3-1-4-9(7-8)14-10-5-2-6-11(15-10)16-13/h1-7H,13H2,(H2,14,15,16). The second-order valence-corrected chi connectivity index (χ2v) is 3.62. The third-order valence-electron chi connectivity index (χ3n) is 1.99. The number of rotatable bonds is 3. The first-order valence-corrected chi connectivity index (χ1v) is 5.12. The highest BCUT2D eigenvalue weighted by Gasteiger charge is 1.97. The summed E-state index contributed by atoms with van der Waals surface area (Å²) in [6, 6.07) is 12.9. The van der Waals surface area contributed by atoms with Crippen LogP contribution in [-0.2, 0) is 0 Å². The SMILES string of the molecule is NNc1cccc(Nc2cccc(Cl)c2)n1. The van der Waals surface area contributed by atoms with Crippen molar-refractivity contribution in [3.05, 3.63) is 47.5 Å². The number of aromatic nitrogens is 1. The maximum Gasteiger partial charge on any atom is 0.142 e. The molecule has 0 saturated carbocycles. The van der Waals surface area contributed by atoms with Gasteiger partial charge in [-0.15, -0.1) is 0 Å². The monoisotopic (exact) mass is 234 g/mol. The van der Waals surface area contributed by atoms with Gasteiger partial charge < -0.3 is 10.7 Å². The van der Waals surface area contributed by atoms with Crippen molar-refractivity contribution in [3.8, 4) is 0 Å². The van der Waals surface area contributed by atoms with E-state index in [9.17, 15) is 0 Å². The third-order valence-corrected chi connectivity index (χ3v) is 2.23. The number of nitrogens with one attached hydrogen (secondary N) is 2. The van der Waals surface area contributed by atoms with E-state index in [1.165, 1.54) is 0 Å². The van der Waals surface area contributed by atoms with Gasteiger partial charge in [-0.1, -0.05) is 23.7 Å². The van der Waals surface area contributed by atoms with E-state index in [0.717, 1.165) is 5.69 Å². The fraction of sp³-hybridized carbons (Fsp3) is 0. The molecule has 5 heteroatoms. The second kappa shape index (κ2) is 4.83. The van der Waals surface area contributed by atoms with Crippen molar-refractivity contribution in [1.82, 2.24) is 4.98 Å². The van der Waals surface area contributed by atoms with Gasteiger partial charge in [-0.3, -0.25) is 0 Å². The van der Waals surface area contributed by atoms with Crippen LogP contribution in [0.4, 0.5) is 17.3 Å². The summed E-state index contributed by atoms with van der Waals surface area (Å²) in [5, 5.41) is 3.81. The Morgan fingerprint density at radius 3 is 2.56 bits per heavy atom. The highest BCUT2D eigenvalue weighted by Crippen LogP contribution is 2.19. The quantitative estimate of drug-likeness (QED) is 0.565. The Labute approximate surface area is 98.4 Å². The number of hydrazine groups is 1. The first-order chi connectivity index (χ1) is 7.78. The molecular weight excluding hydrogens is 224 g/mol. The van der Waals surface area contributed by atoms with Crippen LogP contribution in [0.25, 0.3) is 0 Å². The maximum atomic E-state index is 5.88. The van der Waals surface area contributed by atoms with Gasteiger partial charge in [-0.2, -0.15) is 0 Å². The fourth-order valence-corrected chi connectivity index (χ4v) is 1.49. The Morgan fingerprint density at radius 1 is 1.06 bits per heavy atom. The van der Waals surface area contributed by atoms with Crippen molar-refractivity contribution in [2.24, 2.45) is 5.84 Å². The smallest absolute Gasteiger partial charge is 0.142 e. The number of halogens is 1. The topological polar surface area (TPSA) is 63.0 Å². The molecule has 1 aromatic heterocycles. The first kappa shape index (κ1) is 10.7. The molecule has 0 atom stereocenters. The molecule has 2 rings (SSSR count). The molecule has 16 heavy (non-hydrogen) atoms. The lowest BCUT2D eigenvalue weighted by Gasteiger charge is -2.07. The van der Waals surface area contributed by atoms with E-state index < -0.39 is 0 Å². The largest absolute Gasteiger partial charge is 0.340 e. The Hall–Kier alpha value is -1.78. The summed E-state index contributed by atoms with van der Waals surface area (Å²) in [5.41, 5.74) is 3.37.